The molecule has 14 heavy (non-hydrogen) atoms. The summed E-state index contributed by atoms with van der Waals surface area (Å²) < 4.78 is 4.87. The summed E-state index contributed by atoms with van der Waals surface area (Å²) in [5, 5.41) is 18.2. The van der Waals surface area contributed by atoms with Crippen LogP contribution in [0.2, 0.25) is 0 Å². The number of rotatable bonds is 1. The molecule has 0 radical (unpaired) electrons. The lowest BCUT2D eigenvalue weighted by Crippen LogP contribution is -2.02. The largest absolute Gasteiger partial charge is 0.506 e. The van der Waals surface area contributed by atoms with Crippen LogP contribution in [0.1, 0.15) is 15.9 Å². The first-order valence-electron chi connectivity index (χ1n) is 3.61. The van der Waals surface area contributed by atoms with Gasteiger partial charge in [-0.3, -0.25) is 0 Å². The van der Waals surface area contributed by atoms with Crippen molar-refractivity contribution in [2.24, 2.45) is 0 Å². The van der Waals surface area contributed by atoms with Crippen molar-refractivity contribution in [2.45, 2.75) is 0 Å². The van der Waals surface area contributed by atoms with Crippen LogP contribution in [-0.2, 0) is 4.74 Å². The molecule has 0 saturated carbocycles. The van der Waals surface area contributed by atoms with Crippen LogP contribution < -0.4 is 0 Å². The molecule has 0 atom stereocenters. The second kappa shape index (κ2) is 4.11. The maximum atomic E-state index is 11.1. The maximum Gasteiger partial charge on any atom is 0.341 e. The number of methoxy groups -OCH3 is 1. The van der Waals surface area contributed by atoms with Gasteiger partial charge in [-0.05, 0) is 28.1 Å². The third-order valence-corrected chi connectivity index (χ3v) is 2.31. The monoisotopic (exact) mass is 255 g/mol. The number of phenols is 1. The first-order valence-corrected chi connectivity index (χ1v) is 4.41. The lowest BCUT2D eigenvalue weighted by Gasteiger charge is -2.04. The van der Waals surface area contributed by atoms with Crippen molar-refractivity contribution in [1.29, 1.82) is 5.26 Å². The van der Waals surface area contributed by atoms with E-state index in [9.17, 15) is 9.90 Å². The molecule has 0 aliphatic heterocycles. The molecule has 0 heterocycles. The van der Waals surface area contributed by atoms with E-state index in [-0.39, 0.29) is 16.9 Å². The Bertz CT molecular complexity index is 423. The van der Waals surface area contributed by atoms with Crippen LogP contribution in [0.4, 0.5) is 0 Å². The van der Waals surface area contributed by atoms with E-state index in [0.29, 0.717) is 4.47 Å². The van der Waals surface area contributed by atoms with Gasteiger partial charge in [-0.1, -0.05) is 0 Å². The van der Waals surface area contributed by atoms with Gasteiger partial charge in [0.1, 0.15) is 22.9 Å². The molecule has 0 bridgehead atoms. The van der Waals surface area contributed by atoms with E-state index >= 15 is 0 Å². The van der Waals surface area contributed by atoms with Gasteiger partial charge in [0, 0.05) is 4.47 Å². The number of nitriles is 1. The Morgan fingerprint density at radius 1 is 1.64 bits per heavy atom. The van der Waals surface area contributed by atoms with E-state index in [4.69, 9.17) is 5.26 Å². The molecule has 1 aromatic rings. The van der Waals surface area contributed by atoms with Crippen LogP contribution in [-0.4, -0.2) is 18.2 Å². The normalized spacial score (nSPS) is 9.21. The highest BCUT2D eigenvalue weighted by atomic mass is 79.9. The number of benzene rings is 1. The van der Waals surface area contributed by atoms with Crippen LogP contribution >= 0.6 is 15.9 Å². The topological polar surface area (TPSA) is 70.3 Å². The Morgan fingerprint density at radius 3 is 2.79 bits per heavy atom. The lowest BCUT2D eigenvalue weighted by atomic mass is 10.1. The molecule has 0 fully saturated rings. The second-order valence-electron chi connectivity index (χ2n) is 2.42. The number of carbonyl (C=O) groups excluding carboxylic acids is 1. The summed E-state index contributed by atoms with van der Waals surface area (Å²) in [6.07, 6.45) is 0. The van der Waals surface area contributed by atoms with Gasteiger partial charge in [0.05, 0.1) is 7.11 Å². The van der Waals surface area contributed by atoms with Gasteiger partial charge in [0.15, 0.2) is 0 Å². The molecule has 1 N–H and O–H groups in total. The number of phenolic OH excluding ortho intramolecular Hbond substituents is 1. The van der Waals surface area contributed by atoms with Gasteiger partial charge in [-0.2, -0.15) is 5.26 Å². The molecule has 0 aliphatic rings. The molecule has 0 saturated heterocycles. The van der Waals surface area contributed by atoms with Crippen LogP contribution in [0.5, 0.6) is 5.75 Å². The highest BCUT2D eigenvalue weighted by Crippen LogP contribution is 2.29. The van der Waals surface area contributed by atoms with Crippen molar-refractivity contribution >= 4 is 21.9 Å². The standard InChI is InChI=1S/C9H6BrNO3/c1-14-9(13)5-2-3-7(10)6(4-11)8(5)12/h2-3,12H,1H3. The van der Waals surface area contributed by atoms with E-state index in [2.05, 4.69) is 20.7 Å². The number of aromatic hydroxyl groups is 1. The third kappa shape index (κ3) is 1.70. The van der Waals surface area contributed by atoms with E-state index in [1.165, 1.54) is 19.2 Å². The molecular formula is C9H6BrNO3. The molecular weight excluding hydrogens is 250 g/mol. The minimum absolute atomic E-state index is 0.0211. The number of nitrogens with zero attached hydrogens (tertiary/aromatic N) is 1. The van der Waals surface area contributed by atoms with Crippen molar-refractivity contribution in [3.63, 3.8) is 0 Å². The third-order valence-electron chi connectivity index (χ3n) is 1.64. The highest BCUT2D eigenvalue weighted by Gasteiger charge is 2.16. The Balaban J connectivity index is 3.37. The smallest absolute Gasteiger partial charge is 0.341 e. The Labute approximate surface area is 88.9 Å². The van der Waals surface area contributed by atoms with Crippen LogP contribution in [0.15, 0.2) is 16.6 Å². The van der Waals surface area contributed by atoms with Crippen LogP contribution in [0, 0.1) is 11.3 Å². The van der Waals surface area contributed by atoms with Crippen molar-refractivity contribution in [3.05, 3.63) is 27.7 Å². The summed E-state index contributed by atoms with van der Waals surface area (Å²) in [7, 11) is 1.20. The molecule has 1 rings (SSSR count). The molecule has 0 spiro atoms. The average Bonchev–Trinajstić information content (AvgIpc) is 2.18. The van der Waals surface area contributed by atoms with Crippen molar-refractivity contribution in [2.75, 3.05) is 7.11 Å². The minimum Gasteiger partial charge on any atom is -0.506 e. The molecule has 1 aromatic carbocycles. The van der Waals surface area contributed by atoms with Gasteiger partial charge in [0.25, 0.3) is 0 Å². The van der Waals surface area contributed by atoms with E-state index in [1.807, 2.05) is 0 Å². The summed E-state index contributed by atoms with van der Waals surface area (Å²) in [5.74, 6) is -1.04. The number of esters is 1. The fourth-order valence-corrected chi connectivity index (χ4v) is 1.36. The van der Waals surface area contributed by atoms with Crippen molar-refractivity contribution < 1.29 is 14.6 Å². The summed E-state index contributed by atoms with van der Waals surface area (Å²) in [6.45, 7) is 0. The Morgan fingerprint density at radius 2 is 2.29 bits per heavy atom. The van der Waals surface area contributed by atoms with Gasteiger partial charge < -0.3 is 9.84 Å². The summed E-state index contributed by atoms with van der Waals surface area (Å²) in [4.78, 5) is 11.1. The number of ether oxygens (including phenoxy) is 1. The van der Waals surface area contributed by atoms with E-state index in [1.54, 1.807) is 6.07 Å². The predicted molar refractivity (Wildman–Crippen MR) is 51.9 cm³/mol. The van der Waals surface area contributed by atoms with Gasteiger partial charge in [-0.25, -0.2) is 4.79 Å². The van der Waals surface area contributed by atoms with Gasteiger partial charge in [0.2, 0.25) is 0 Å². The Hall–Kier alpha value is -1.54. The molecule has 0 aromatic heterocycles. The molecule has 5 heteroatoms. The first kappa shape index (κ1) is 10.5. The second-order valence-corrected chi connectivity index (χ2v) is 3.28. The first-order chi connectivity index (χ1) is 6.61. The summed E-state index contributed by atoms with van der Waals surface area (Å²) in [6, 6.07) is 4.66. The molecule has 72 valence electrons. The van der Waals surface area contributed by atoms with Crippen LogP contribution in [0.25, 0.3) is 0 Å². The SMILES string of the molecule is COC(=O)c1ccc(Br)c(C#N)c1O. The highest BCUT2D eigenvalue weighted by molar-refractivity contribution is 9.10. The van der Waals surface area contributed by atoms with Crippen molar-refractivity contribution in [3.8, 4) is 11.8 Å². The number of hydrogen-bond acceptors (Lipinski definition) is 4. The fraction of sp³-hybridized carbons (Fsp3) is 0.111. The predicted octanol–water partition coefficient (Wildman–Crippen LogP) is 1.81. The maximum absolute atomic E-state index is 11.1. The zero-order chi connectivity index (χ0) is 10.7. The van der Waals surface area contributed by atoms with Crippen molar-refractivity contribution in [1.82, 2.24) is 0 Å². The average molecular weight is 256 g/mol. The Kier molecular flexibility index (Phi) is 3.10. The fourth-order valence-electron chi connectivity index (χ4n) is 0.948. The molecule has 0 unspecified atom stereocenters. The molecule has 0 aliphatic carbocycles. The van der Waals surface area contributed by atoms with E-state index < -0.39 is 5.97 Å². The zero-order valence-corrected chi connectivity index (χ0v) is 8.83. The zero-order valence-electron chi connectivity index (χ0n) is 7.24. The number of carbonyl (C=O) groups is 1. The van der Waals surface area contributed by atoms with E-state index in [0.717, 1.165) is 0 Å². The quantitative estimate of drug-likeness (QED) is 0.778. The molecule has 0 amide bonds. The summed E-state index contributed by atoms with van der Waals surface area (Å²) >= 11 is 3.08. The van der Waals surface area contributed by atoms with Gasteiger partial charge in [-0.15, -0.1) is 0 Å². The number of hydrogen-bond donors (Lipinski definition) is 1. The minimum atomic E-state index is -0.675. The summed E-state index contributed by atoms with van der Waals surface area (Å²) in [5.41, 5.74) is 0.000139. The lowest BCUT2D eigenvalue weighted by molar-refractivity contribution is 0.0597. The number of halogens is 1. The van der Waals surface area contributed by atoms with Crippen LogP contribution in [0.3, 0.4) is 0 Å². The molecule has 4 nitrogen and oxygen atoms in total. The van der Waals surface area contributed by atoms with Gasteiger partial charge >= 0.3 is 5.97 Å².